The van der Waals surface area contributed by atoms with Gasteiger partial charge in [-0.2, -0.15) is 0 Å². The highest BCUT2D eigenvalue weighted by molar-refractivity contribution is 7.99. The van der Waals surface area contributed by atoms with Crippen LogP contribution in [0.1, 0.15) is 58.2 Å². The lowest BCUT2D eigenvalue weighted by atomic mass is 10.1. The molecule has 0 spiro atoms. The third-order valence-electron chi connectivity index (χ3n) is 4.29. The van der Waals surface area contributed by atoms with E-state index in [0.29, 0.717) is 20.6 Å². The van der Waals surface area contributed by atoms with Crippen LogP contribution in [0.3, 0.4) is 0 Å². The second-order valence-corrected chi connectivity index (χ2v) is 8.97. The molecule has 0 aromatic carbocycles. The molecule has 0 saturated carbocycles. The zero-order valence-corrected chi connectivity index (χ0v) is 19.9. The Morgan fingerprint density at radius 3 is 2.47 bits per heavy atom. The molecule has 0 fully saturated rings. The van der Waals surface area contributed by atoms with Crippen LogP contribution in [0.2, 0.25) is 0 Å². The number of aromatic nitrogens is 3. The van der Waals surface area contributed by atoms with Gasteiger partial charge in [-0.15, -0.1) is 21.5 Å². The number of nitrogens with one attached hydrogen (secondary N) is 1. The summed E-state index contributed by atoms with van der Waals surface area (Å²) in [4.78, 5) is 39.1. The van der Waals surface area contributed by atoms with E-state index in [0.717, 1.165) is 23.6 Å². The van der Waals surface area contributed by atoms with Crippen molar-refractivity contribution in [3.63, 3.8) is 0 Å². The van der Waals surface area contributed by atoms with Gasteiger partial charge in [-0.1, -0.05) is 18.7 Å². The number of ether oxygens (including phenoxy) is 1. The van der Waals surface area contributed by atoms with E-state index in [4.69, 9.17) is 4.74 Å². The van der Waals surface area contributed by atoms with Crippen LogP contribution in [-0.4, -0.2) is 64.4 Å². The average molecular weight is 454 g/mol. The summed E-state index contributed by atoms with van der Waals surface area (Å²) in [6, 6.07) is 0.172. The number of hydrogen-bond donors (Lipinski definition) is 1. The summed E-state index contributed by atoms with van der Waals surface area (Å²) in [7, 11) is 4.52. The Balaban J connectivity index is 2.22. The molecule has 9 nitrogen and oxygen atoms in total. The van der Waals surface area contributed by atoms with Gasteiger partial charge in [0.05, 0.1) is 23.3 Å². The topological polar surface area (TPSA) is 106 Å². The second kappa shape index (κ2) is 10.1. The van der Waals surface area contributed by atoms with Crippen LogP contribution in [0, 0.1) is 6.92 Å². The lowest BCUT2D eigenvalue weighted by molar-refractivity contribution is -0.113. The van der Waals surface area contributed by atoms with Crippen molar-refractivity contribution in [2.45, 2.75) is 45.3 Å². The van der Waals surface area contributed by atoms with E-state index in [1.807, 2.05) is 25.3 Å². The minimum Gasteiger partial charge on any atom is -0.465 e. The number of thiophene rings is 1. The number of hydrogen-bond acceptors (Lipinski definition) is 8. The number of rotatable bonds is 8. The van der Waals surface area contributed by atoms with Gasteiger partial charge in [0.1, 0.15) is 10.8 Å². The van der Waals surface area contributed by atoms with Crippen molar-refractivity contribution in [3.05, 3.63) is 21.8 Å². The van der Waals surface area contributed by atoms with Crippen LogP contribution in [-0.2, 0) is 16.0 Å². The van der Waals surface area contributed by atoms with Crippen molar-refractivity contribution in [2.24, 2.45) is 0 Å². The first-order valence-corrected chi connectivity index (χ1v) is 11.2. The van der Waals surface area contributed by atoms with Gasteiger partial charge in [0.25, 0.3) is 5.91 Å². The Kier molecular flexibility index (Phi) is 8.02. The third kappa shape index (κ3) is 5.01. The van der Waals surface area contributed by atoms with E-state index >= 15 is 0 Å². The Hall–Kier alpha value is -2.40. The van der Waals surface area contributed by atoms with Crippen molar-refractivity contribution >= 4 is 45.9 Å². The number of carbonyl (C=O) groups is 3. The van der Waals surface area contributed by atoms with Gasteiger partial charge in [0.15, 0.2) is 5.16 Å². The van der Waals surface area contributed by atoms with Gasteiger partial charge in [0.2, 0.25) is 5.91 Å². The van der Waals surface area contributed by atoms with Crippen molar-refractivity contribution in [2.75, 3.05) is 32.3 Å². The van der Waals surface area contributed by atoms with Crippen LogP contribution >= 0.6 is 23.1 Å². The molecule has 0 bridgehead atoms. The number of thioether (sulfide) groups is 1. The first-order chi connectivity index (χ1) is 14.1. The Bertz CT molecular complexity index is 949. The molecule has 2 amide bonds. The minimum absolute atomic E-state index is 0.0864. The minimum atomic E-state index is -0.600. The number of methoxy groups -OCH3 is 1. The monoisotopic (exact) mass is 453 g/mol. The quantitative estimate of drug-likeness (QED) is 0.484. The van der Waals surface area contributed by atoms with E-state index in [1.165, 1.54) is 23.8 Å². The van der Waals surface area contributed by atoms with Gasteiger partial charge in [-0.25, -0.2) is 4.79 Å². The summed E-state index contributed by atoms with van der Waals surface area (Å²) in [6.45, 7) is 7.74. The molecular formula is C19H27N5O4S2. The number of esters is 1. The van der Waals surface area contributed by atoms with Crippen LogP contribution in [0.15, 0.2) is 5.16 Å². The molecule has 30 heavy (non-hydrogen) atoms. The predicted octanol–water partition coefficient (Wildman–Crippen LogP) is 3.01. The normalized spacial score (nSPS) is 10.9. The van der Waals surface area contributed by atoms with E-state index in [-0.39, 0.29) is 29.2 Å². The molecule has 1 N–H and O–H groups in total. The fourth-order valence-corrected chi connectivity index (χ4v) is 4.93. The van der Waals surface area contributed by atoms with Crippen molar-refractivity contribution < 1.29 is 19.1 Å². The number of nitrogens with zero attached hydrogens (tertiary/aromatic N) is 4. The molecule has 2 heterocycles. The molecule has 0 saturated heterocycles. The largest absolute Gasteiger partial charge is 0.465 e. The lowest BCUT2D eigenvalue weighted by Crippen LogP contribution is -2.21. The first-order valence-electron chi connectivity index (χ1n) is 9.42. The summed E-state index contributed by atoms with van der Waals surface area (Å²) < 4.78 is 6.85. The number of anilines is 1. The molecule has 0 unspecified atom stereocenters. The SMILES string of the molecule is CCc1nnc(SCC(=O)Nc2sc(C(=O)N(C)C)c(C)c2C(=O)OC)n1C(C)C. The van der Waals surface area contributed by atoms with Crippen LogP contribution in [0.4, 0.5) is 5.00 Å². The molecule has 2 rings (SSSR count). The van der Waals surface area contributed by atoms with Crippen LogP contribution in [0.25, 0.3) is 0 Å². The molecule has 11 heteroatoms. The molecule has 2 aromatic heterocycles. The average Bonchev–Trinajstić information content (AvgIpc) is 3.25. The smallest absolute Gasteiger partial charge is 0.341 e. The van der Waals surface area contributed by atoms with Crippen molar-refractivity contribution in [3.8, 4) is 0 Å². The van der Waals surface area contributed by atoms with Gasteiger partial charge in [0, 0.05) is 26.6 Å². The van der Waals surface area contributed by atoms with Crippen molar-refractivity contribution in [1.82, 2.24) is 19.7 Å². The predicted molar refractivity (Wildman–Crippen MR) is 118 cm³/mol. The fraction of sp³-hybridized carbons (Fsp3) is 0.526. The van der Waals surface area contributed by atoms with Gasteiger partial charge in [-0.05, 0) is 26.3 Å². The number of aryl methyl sites for hydroxylation is 1. The molecule has 0 aliphatic rings. The van der Waals surface area contributed by atoms with Gasteiger partial charge < -0.3 is 19.5 Å². The van der Waals surface area contributed by atoms with E-state index < -0.39 is 5.97 Å². The molecule has 0 atom stereocenters. The summed E-state index contributed by atoms with van der Waals surface area (Å²) in [5.74, 6) is -0.206. The van der Waals surface area contributed by atoms with Gasteiger partial charge in [-0.3, -0.25) is 9.59 Å². The maximum atomic E-state index is 12.6. The highest BCUT2D eigenvalue weighted by Crippen LogP contribution is 2.34. The Labute approximate surface area is 184 Å². The number of amides is 2. The van der Waals surface area contributed by atoms with Crippen LogP contribution < -0.4 is 5.32 Å². The first kappa shape index (κ1) is 23.9. The van der Waals surface area contributed by atoms with Crippen LogP contribution in [0.5, 0.6) is 0 Å². The second-order valence-electron chi connectivity index (χ2n) is 7.00. The zero-order chi connectivity index (χ0) is 22.6. The summed E-state index contributed by atoms with van der Waals surface area (Å²) >= 11 is 2.34. The maximum absolute atomic E-state index is 12.6. The Morgan fingerprint density at radius 2 is 1.93 bits per heavy atom. The summed E-state index contributed by atoms with van der Waals surface area (Å²) in [5.41, 5.74) is 0.685. The lowest BCUT2D eigenvalue weighted by Gasteiger charge is -2.12. The zero-order valence-electron chi connectivity index (χ0n) is 18.2. The summed E-state index contributed by atoms with van der Waals surface area (Å²) in [6.07, 6.45) is 0.748. The van der Waals surface area contributed by atoms with E-state index in [1.54, 1.807) is 21.0 Å². The molecule has 0 aliphatic heterocycles. The Morgan fingerprint density at radius 1 is 1.27 bits per heavy atom. The fourth-order valence-electron chi connectivity index (χ4n) is 2.81. The maximum Gasteiger partial charge on any atom is 0.341 e. The highest BCUT2D eigenvalue weighted by atomic mass is 32.2. The summed E-state index contributed by atoms with van der Waals surface area (Å²) in [5, 5.41) is 12.1. The standard InChI is InChI=1S/C19H27N5O4S2/c1-8-12-21-22-19(24(12)10(2)3)29-9-13(25)20-16-14(18(27)28-7)11(4)15(30-16)17(26)23(5)6/h10H,8-9H2,1-7H3,(H,20,25). The van der Waals surface area contributed by atoms with Crippen molar-refractivity contribution in [1.29, 1.82) is 0 Å². The van der Waals surface area contributed by atoms with E-state index in [9.17, 15) is 14.4 Å². The van der Waals surface area contributed by atoms with Gasteiger partial charge >= 0.3 is 5.97 Å². The highest BCUT2D eigenvalue weighted by Gasteiger charge is 2.27. The van der Waals surface area contributed by atoms with E-state index in [2.05, 4.69) is 15.5 Å². The molecule has 2 aromatic rings. The molecule has 0 aliphatic carbocycles. The molecular weight excluding hydrogens is 426 g/mol. The third-order valence-corrected chi connectivity index (χ3v) is 6.43. The molecule has 164 valence electrons. The molecule has 0 radical (unpaired) electrons. The number of carbonyl (C=O) groups excluding carboxylic acids is 3.